The first-order valence-electron chi connectivity index (χ1n) is 9.65. The Hall–Kier alpha value is -3.41. The second kappa shape index (κ2) is 8.14. The second-order valence-electron chi connectivity index (χ2n) is 7.78. The standard InChI is InChI=1S/C24H26O6/c1-12(2)6-8-14-16(25)10-17-21(23(14)27)24(28)20-15(9-7-13(3)4)22(26)19(29-5)11-18(20)30-17/h6-7,10-11,25-27H,8-9H2,1-5H3. The highest BCUT2D eigenvalue weighted by Gasteiger charge is 2.22. The molecule has 3 aromatic rings. The third-order valence-electron chi connectivity index (χ3n) is 5.00. The number of hydrogen-bond acceptors (Lipinski definition) is 6. The van der Waals surface area contributed by atoms with Crippen molar-refractivity contribution in [3.05, 3.63) is 56.8 Å². The molecule has 158 valence electrons. The van der Waals surface area contributed by atoms with Gasteiger partial charge in [-0.2, -0.15) is 0 Å². The lowest BCUT2D eigenvalue weighted by atomic mass is 9.98. The molecular formula is C24H26O6. The number of methoxy groups -OCH3 is 1. The molecule has 0 fully saturated rings. The summed E-state index contributed by atoms with van der Waals surface area (Å²) in [6, 6.07) is 2.77. The van der Waals surface area contributed by atoms with E-state index in [0.29, 0.717) is 12.0 Å². The molecule has 2 aromatic carbocycles. The van der Waals surface area contributed by atoms with Crippen molar-refractivity contribution >= 4 is 21.9 Å². The summed E-state index contributed by atoms with van der Waals surface area (Å²) in [5, 5.41) is 32.0. The zero-order chi connectivity index (χ0) is 22.2. The molecule has 3 rings (SSSR count). The predicted octanol–water partition coefficient (Wildman–Crippen LogP) is 5.09. The van der Waals surface area contributed by atoms with Gasteiger partial charge in [0, 0.05) is 23.3 Å². The van der Waals surface area contributed by atoms with Gasteiger partial charge in [0.05, 0.1) is 12.5 Å². The highest BCUT2D eigenvalue weighted by atomic mass is 16.5. The lowest BCUT2D eigenvalue weighted by Gasteiger charge is -2.14. The fourth-order valence-electron chi connectivity index (χ4n) is 3.39. The van der Waals surface area contributed by atoms with E-state index in [1.165, 1.54) is 19.2 Å². The molecular weight excluding hydrogens is 384 g/mol. The Morgan fingerprint density at radius 1 is 0.900 bits per heavy atom. The van der Waals surface area contributed by atoms with Crippen LogP contribution in [0.4, 0.5) is 0 Å². The van der Waals surface area contributed by atoms with Crippen LogP contribution in [-0.4, -0.2) is 22.4 Å². The predicted molar refractivity (Wildman–Crippen MR) is 118 cm³/mol. The highest BCUT2D eigenvalue weighted by Crippen LogP contribution is 2.40. The van der Waals surface area contributed by atoms with E-state index in [4.69, 9.17) is 9.15 Å². The third-order valence-corrected chi connectivity index (χ3v) is 5.00. The number of aromatic hydroxyl groups is 3. The van der Waals surface area contributed by atoms with Gasteiger partial charge in [0.1, 0.15) is 28.1 Å². The number of benzene rings is 2. The first kappa shape index (κ1) is 21.3. The smallest absolute Gasteiger partial charge is 0.204 e. The van der Waals surface area contributed by atoms with Crippen LogP contribution in [-0.2, 0) is 12.8 Å². The van der Waals surface area contributed by atoms with E-state index < -0.39 is 5.43 Å². The van der Waals surface area contributed by atoms with Gasteiger partial charge >= 0.3 is 0 Å². The first-order valence-corrected chi connectivity index (χ1v) is 9.65. The summed E-state index contributed by atoms with van der Waals surface area (Å²) >= 11 is 0. The molecule has 30 heavy (non-hydrogen) atoms. The van der Waals surface area contributed by atoms with E-state index in [1.807, 2.05) is 39.8 Å². The number of phenols is 3. The van der Waals surface area contributed by atoms with Crippen LogP contribution in [0.5, 0.6) is 23.0 Å². The average Bonchev–Trinajstić information content (AvgIpc) is 2.66. The number of rotatable bonds is 5. The Balaban J connectivity index is 2.44. The average molecular weight is 410 g/mol. The largest absolute Gasteiger partial charge is 0.507 e. The minimum atomic E-state index is -0.475. The first-order chi connectivity index (χ1) is 14.1. The molecule has 0 unspecified atom stereocenters. The van der Waals surface area contributed by atoms with E-state index in [9.17, 15) is 20.1 Å². The maximum atomic E-state index is 13.4. The van der Waals surface area contributed by atoms with Gasteiger partial charge in [-0.3, -0.25) is 4.79 Å². The van der Waals surface area contributed by atoms with Gasteiger partial charge in [0.15, 0.2) is 11.5 Å². The molecule has 0 aliphatic rings. The van der Waals surface area contributed by atoms with Crippen molar-refractivity contribution in [1.29, 1.82) is 0 Å². The van der Waals surface area contributed by atoms with Crippen LogP contribution in [0.1, 0.15) is 38.8 Å². The Bertz CT molecular complexity index is 1250. The van der Waals surface area contributed by atoms with Crippen molar-refractivity contribution in [2.45, 2.75) is 40.5 Å². The van der Waals surface area contributed by atoms with E-state index >= 15 is 0 Å². The Morgan fingerprint density at radius 2 is 1.47 bits per heavy atom. The molecule has 1 aromatic heterocycles. The molecule has 6 heteroatoms. The number of hydrogen-bond donors (Lipinski definition) is 3. The van der Waals surface area contributed by atoms with E-state index in [-0.39, 0.29) is 56.9 Å². The van der Waals surface area contributed by atoms with Crippen molar-refractivity contribution in [2.24, 2.45) is 0 Å². The molecule has 3 N–H and O–H groups in total. The summed E-state index contributed by atoms with van der Waals surface area (Å²) in [5.74, 6) is -0.440. The number of ether oxygens (including phenoxy) is 1. The summed E-state index contributed by atoms with van der Waals surface area (Å²) in [6.45, 7) is 7.65. The van der Waals surface area contributed by atoms with E-state index in [0.717, 1.165) is 11.1 Å². The highest BCUT2D eigenvalue weighted by molar-refractivity contribution is 5.97. The van der Waals surface area contributed by atoms with Crippen molar-refractivity contribution in [3.8, 4) is 23.0 Å². The Kier molecular flexibility index (Phi) is 5.78. The monoisotopic (exact) mass is 410 g/mol. The van der Waals surface area contributed by atoms with Gasteiger partial charge in [0.2, 0.25) is 5.43 Å². The molecule has 0 spiro atoms. The second-order valence-corrected chi connectivity index (χ2v) is 7.78. The Labute approximate surface area is 174 Å². The lowest BCUT2D eigenvalue weighted by Crippen LogP contribution is -2.07. The van der Waals surface area contributed by atoms with Gasteiger partial charge in [-0.15, -0.1) is 0 Å². The SMILES string of the molecule is COc1cc2oc3cc(O)c(CC=C(C)C)c(O)c3c(=O)c2c(CC=C(C)C)c1O. The molecule has 0 saturated heterocycles. The van der Waals surface area contributed by atoms with Gasteiger partial charge < -0.3 is 24.5 Å². The van der Waals surface area contributed by atoms with Crippen LogP contribution < -0.4 is 10.2 Å². The summed E-state index contributed by atoms with van der Waals surface area (Å²) in [7, 11) is 1.41. The van der Waals surface area contributed by atoms with E-state index in [2.05, 4.69) is 0 Å². The molecule has 0 saturated carbocycles. The van der Waals surface area contributed by atoms with Crippen molar-refractivity contribution < 1.29 is 24.5 Å². The van der Waals surface area contributed by atoms with Crippen molar-refractivity contribution in [3.63, 3.8) is 0 Å². The van der Waals surface area contributed by atoms with Gasteiger partial charge in [-0.05, 0) is 40.5 Å². The maximum Gasteiger partial charge on any atom is 0.204 e. The maximum absolute atomic E-state index is 13.4. The van der Waals surface area contributed by atoms with Crippen LogP contribution in [0.2, 0.25) is 0 Å². The minimum Gasteiger partial charge on any atom is -0.507 e. The number of allylic oxidation sites excluding steroid dienone is 4. The zero-order valence-electron chi connectivity index (χ0n) is 17.8. The van der Waals surface area contributed by atoms with Gasteiger partial charge in [-0.25, -0.2) is 0 Å². The summed E-state index contributed by atoms with van der Waals surface area (Å²) in [4.78, 5) is 13.4. The summed E-state index contributed by atoms with van der Waals surface area (Å²) in [6.07, 6.45) is 4.29. The molecule has 0 amide bonds. The molecule has 0 radical (unpaired) electrons. The number of phenolic OH excluding ortho intramolecular Hbond substituents is 3. The van der Waals surface area contributed by atoms with Crippen molar-refractivity contribution in [2.75, 3.05) is 7.11 Å². The van der Waals surface area contributed by atoms with Gasteiger partial charge in [0.25, 0.3) is 0 Å². The quantitative estimate of drug-likeness (QED) is 0.400. The summed E-state index contributed by atoms with van der Waals surface area (Å²) < 4.78 is 11.1. The lowest BCUT2D eigenvalue weighted by molar-refractivity contribution is 0.371. The van der Waals surface area contributed by atoms with Crippen molar-refractivity contribution in [1.82, 2.24) is 0 Å². The fourth-order valence-corrected chi connectivity index (χ4v) is 3.39. The van der Waals surface area contributed by atoms with Crippen LogP contribution in [0.3, 0.4) is 0 Å². The van der Waals surface area contributed by atoms with Crippen LogP contribution >= 0.6 is 0 Å². The molecule has 0 aliphatic carbocycles. The molecule has 1 heterocycles. The molecule has 6 nitrogen and oxygen atoms in total. The summed E-state index contributed by atoms with van der Waals surface area (Å²) in [5.41, 5.74) is 2.43. The number of fused-ring (bicyclic) bond motifs is 2. The van der Waals surface area contributed by atoms with Crippen LogP contribution in [0.15, 0.2) is 44.6 Å². The topological polar surface area (TPSA) is 100 Å². The van der Waals surface area contributed by atoms with Crippen LogP contribution in [0, 0.1) is 0 Å². The van der Waals surface area contributed by atoms with Crippen LogP contribution in [0.25, 0.3) is 21.9 Å². The normalized spacial score (nSPS) is 11.0. The fraction of sp³-hybridized carbons (Fsp3) is 0.292. The molecule has 0 atom stereocenters. The Morgan fingerprint density at radius 3 is 2.03 bits per heavy atom. The third kappa shape index (κ3) is 3.73. The molecule has 0 aliphatic heterocycles. The minimum absolute atomic E-state index is 0.0273. The molecule has 0 bridgehead atoms. The van der Waals surface area contributed by atoms with Gasteiger partial charge in [-0.1, -0.05) is 23.3 Å². The zero-order valence-corrected chi connectivity index (χ0v) is 17.8. The van der Waals surface area contributed by atoms with E-state index in [1.54, 1.807) is 0 Å².